The fourth-order valence-electron chi connectivity index (χ4n) is 4.50. The zero-order chi connectivity index (χ0) is 22.8. The van der Waals surface area contributed by atoms with Gasteiger partial charge in [0, 0.05) is 18.7 Å². The molecule has 1 aromatic heterocycles. The molecule has 1 saturated carbocycles. The summed E-state index contributed by atoms with van der Waals surface area (Å²) in [4.78, 5) is 19.7. The highest BCUT2D eigenvalue weighted by Crippen LogP contribution is 2.34. The monoisotopic (exact) mass is 459 g/mol. The fourth-order valence-corrected chi connectivity index (χ4v) is 4.74. The maximum Gasteiger partial charge on any atom is 0.258 e. The summed E-state index contributed by atoms with van der Waals surface area (Å²) < 4.78 is 30.6. The van der Waals surface area contributed by atoms with Crippen LogP contribution in [0.2, 0.25) is 5.02 Å². The summed E-state index contributed by atoms with van der Waals surface area (Å²) in [5.41, 5.74) is 1.33. The average Bonchev–Trinajstić information content (AvgIpc) is 3.37. The molecule has 1 aliphatic rings. The van der Waals surface area contributed by atoms with Crippen LogP contribution in [0, 0.1) is 17.6 Å². The van der Waals surface area contributed by atoms with Crippen LogP contribution in [-0.2, 0) is 6.54 Å². The van der Waals surface area contributed by atoms with Gasteiger partial charge in [-0.2, -0.15) is 0 Å². The zero-order valence-electron chi connectivity index (χ0n) is 18.5. The molecule has 4 rings (SSSR count). The van der Waals surface area contributed by atoms with E-state index >= 15 is 0 Å². The molecule has 0 bridgehead atoms. The van der Waals surface area contributed by atoms with Crippen molar-refractivity contribution in [2.75, 3.05) is 6.54 Å². The lowest BCUT2D eigenvalue weighted by Gasteiger charge is -2.26. The third-order valence-electron chi connectivity index (χ3n) is 6.19. The summed E-state index contributed by atoms with van der Waals surface area (Å²) in [6, 6.07) is 9.15. The van der Waals surface area contributed by atoms with Gasteiger partial charge in [0.2, 0.25) is 0 Å². The van der Waals surface area contributed by atoms with E-state index in [1.807, 2.05) is 0 Å². The number of benzene rings is 2. The molecule has 0 aliphatic heterocycles. The summed E-state index contributed by atoms with van der Waals surface area (Å²) in [5.74, 6) is -0.370. The third-order valence-corrected chi connectivity index (χ3v) is 6.50. The topological polar surface area (TPSA) is 38.1 Å². The molecule has 0 radical (unpaired) electrons. The highest BCUT2D eigenvalue weighted by Gasteiger charge is 2.27. The first-order valence-corrected chi connectivity index (χ1v) is 11.6. The molecule has 7 heteroatoms. The molecule has 32 heavy (non-hydrogen) atoms. The lowest BCUT2D eigenvalue weighted by Crippen LogP contribution is -2.34. The molecule has 3 aromatic rings. The van der Waals surface area contributed by atoms with E-state index in [0.29, 0.717) is 23.8 Å². The Morgan fingerprint density at radius 3 is 2.66 bits per heavy atom. The number of fused-ring (bicyclic) bond motifs is 1. The van der Waals surface area contributed by atoms with Gasteiger partial charge in [0.15, 0.2) is 0 Å². The van der Waals surface area contributed by atoms with Crippen molar-refractivity contribution in [1.82, 2.24) is 14.5 Å². The van der Waals surface area contributed by atoms with Crippen LogP contribution in [0.3, 0.4) is 0 Å². The van der Waals surface area contributed by atoms with Crippen molar-refractivity contribution >= 4 is 28.5 Å². The Morgan fingerprint density at radius 2 is 1.97 bits per heavy atom. The van der Waals surface area contributed by atoms with Gasteiger partial charge in [-0.3, -0.25) is 4.79 Å². The van der Waals surface area contributed by atoms with Crippen LogP contribution in [0.5, 0.6) is 0 Å². The van der Waals surface area contributed by atoms with Gasteiger partial charge >= 0.3 is 0 Å². The first-order valence-electron chi connectivity index (χ1n) is 11.2. The molecular weight excluding hydrogens is 432 g/mol. The number of amides is 1. The molecule has 0 saturated heterocycles. The smallest absolute Gasteiger partial charge is 0.258 e. The number of rotatable bonds is 7. The van der Waals surface area contributed by atoms with E-state index in [1.54, 1.807) is 11.0 Å². The minimum absolute atomic E-state index is 0.0934. The molecule has 0 atom stereocenters. The van der Waals surface area contributed by atoms with E-state index in [-0.39, 0.29) is 29.0 Å². The van der Waals surface area contributed by atoms with Gasteiger partial charge in [0.1, 0.15) is 17.5 Å². The minimum atomic E-state index is -0.636. The van der Waals surface area contributed by atoms with Crippen LogP contribution < -0.4 is 0 Å². The normalized spacial score (nSPS) is 14.6. The quantitative estimate of drug-likeness (QED) is 0.391. The number of imidazole rings is 1. The van der Waals surface area contributed by atoms with Crippen LogP contribution in [0.4, 0.5) is 8.78 Å². The number of aromatic nitrogens is 2. The van der Waals surface area contributed by atoms with Gasteiger partial charge in [-0.25, -0.2) is 13.8 Å². The predicted molar refractivity (Wildman–Crippen MR) is 123 cm³/mol. The van der Waals surface area contributed by atoms with E-state index in [1.165, 1.54) is 30.3 Å². The first kappa shape index (κ1) is 22.7. The highest BCUT2D eigenvalue weighted by molar-refractivity contribution is 6.33. The highest BCUT2D eigenvalue weighted by atomic mass is 35.5. The second-order valence-electron chi connectivity index (χ2n) is 8.98. The minimum Gasteiger partial charge on any atom is -0.331 e. The van der Waals surface area contributed by atoms with Gasteiger partial charge in [-0.15, -0.1) is 0 Å². The largest absolute Gasteiger partial charge is 0.331 e. The maximum absolute atomic E-state index is 14.5. The fraction of sp³-hybridized carbons (Fsp3) is 0.440. The molecule has 4 nitrogen and oxygen atoms in total. The van der Waals surface area contributed by atoms with Crippen molar-refractivity contribution in [3.8, 4) is 0 Å². The van der Waals surface area contributed by atoms with Gasteiger partial charge in [0.05, 0.1) is 28.2 Å². The SMILES string of the molecule is CC(C)CCN(Cc1nc2cc(F)ccc2n1C1CCCC1)C(=O)c1c(F)cccc1Cl. The van der Waals surface area contributed by atoms with Crippen LogP contribution >= 0.6 is 11.6 Å². The second kappa shape index (κ2) is 9.57. The van der Waals surface area contributed by atoms with Crippen molar-refractivity contribution in [2.45, 2.75) is 58.5 Å². The summed E-state index contributed by atoms with van der Waals surface area (Å²) in [6.45, 7) is 4.82. The van der Waals surface area contributed by atoms with Crippen LogP contribution in [0.15, 0.2) is 36.4 Å². The Bertz CT molecular complexity index is 1100. The van der Waals surface area contributed by atoms with E-state index < -0.39 is 11.7 Å². The molecule has 0 unspecified atom stereocenters. The van der Waals surface area contributed by atoms with E-state index in [4.69, 9.17) is 16.6 Å². The zero-order valence-corrected chi connectivity index (χ0v) is 19.2. The van der Waals surface area contributed by atoms with E-state index in [2.05, 4.69) is 18.4 Å². The van der Waals surface area contributed by atoms with Crippen LogP contribution in [0.1, 0.15) is 68.2 Å². The molecule has 170 valence electrons. The molecule has 1 fully saturated rings. The number of hydrogen-bond acceptors (Lipinski definition) is 2. The lowest BCUT2D eigenvalue weighted by atomic mass is 10.1. The summed E-state index contributed by atoms with van der Waals surface area (Å²) >= 11 is 6.20. The van der Waals surface area contributed by atoms with Crippen LogP contribution in [0.25, 0.3) is 11.0 Å². The Hall–Kier alpha value is -2.47. The second-order valence-corrected chi connectivity index (χ2v) is 9.38. The van der Waals surface area contributed by atoms with Gasteiger partial charge in [0.25, 0.3) is 5.91 Å². The van der Waals surface area contributed by atoms with E-state index in [0.717, 1.165) is 37.6 Å². The lowest BCUT2D eigenvalue weighted by molar-refractivity contribution is 0.0724. The predicted octanol–water partition coefficient (Wildman–Crippen LogP) is 6.77. The molecule has 0 spiro atoms. The van der Waals surface area contributed by atoms with Crippen molar-refractivity contribution in [2.24, 2.45) is 5.92 Å². The first-order chi connectivity index (χ1) is 15.3. The van der Waals surface area contributed by atoms with Gasteiger partial charge in [-0.1, -0.05) is 44.4 Å². The Kier molecular flexibility index (Phi) is 6.79. The Morgan fingerprint density at radius 1 is 1.22 bits per heavy atom. The third kappa shape index (κ3) is 4.65. The van der Waals surface area contributed by atoms with Gasteiger partial charge in [-0.05, 0) is 49.4 Å². The maximum atomic E-state index is 14.5. The van der Waals surface area contributed by atoms with Crippen molar-refractivity contribution in [1.29, 1.82) is 0 Å². The molecule has 1 amide bonds. The number of carbonyl (C=O) groups is 1. The van der Waals surface area contributed by atoms with E-state index in [9.17, 15) is 13.6 Å². The molecule has 1 aliphatic carbocycles. The summed E-state index contributed by atoms with van der Waals surface area (Å²) in [5, 5.41) is 0.0934. The number of carbonyl (C=O) groups excluding carboxylic acids is 1. The number of nitrogens with zero attached hydrogens (tertiary/aromatic N) is 3. The molecule has 0 N–H and O–H groups in total. The standard InChI is InChI=1S/C25H28ClF2N3O/c1-16(2)12-13-30(25(32)24-19(26)8-5-9-20(24)28)15-23-29-21-14-17(27)10-11-22(21)31(23)18-6-3-4-7-18/h5,8-11,14,16,18H,3-4,6-7,12-13,15H2,1-2H3. The Balaban J connectivity index is 1.75. The summed E-state index contributed by atoms with van der Waals surface area (Å²) in [7, 11) is 0. The molecular formula is C25H28ClF2N3O. The van der Waals surface area contributed by atoms with Crippen molar-refractivity contribution in [3.63, 3.8) is 0 Å². The van der Waals surface area contributed by atoms with Crippen molar-refractivity contribution < 1.29 is 13.6 Å². The average molecular weight is 460 g/mol. The van der Waals surface area contributed by atoms with Crippen molar-refractivity contribution in [3.05, 3.63) is 64.4 Å². The summed E-state index contributed by atoms with van der Waals surface area (Å²) in [6.07, 6.45) is 5.07. The molecule has 1 heterocycles. The number of halogens is 3. The Labute approximate surface area is 192 Å². The number of hydrogen-bond donors (Lipinski definition) is 0. The molecule has 2 aromatic carbocycles. The van der Waals surface area contributed by atoms with Crippen LogP contribution in [-0.4, -0.2) is 26.9 Å². The van der Waals surface area contributed by atoms with Gasteiger partial charge < -0.3 is 9.47 Å².